The molecular weight excluding hydrogens is 222 g/mol. The number of benzene rings is 1. The molecule has 0 radical (unpaired) electrons. The maximum Gasteiger partial charge on any atom is 0.323 e. The summed E-state index contributed by atoms with van der Waals surface area (Å²) in [6.45, 7) is -0.0810. The Morgan fingerprint density at radius 3 is 3.00 bits per heavy atom. The van der Waals surface area contributed by atoms with Crippen molar-refractivity contribution in [2.45, 2.75) is 6.54 Å². The molecule has 0 fully saturated rings. The molecule has 0 amide bonds. The van der Waals surface area contributed by atoms with Crippen LogP contribution in [0.2, 0.25) is 0 Å². The minimum Gasteiger partial charge on any atom is -0.480 e. The first-order valence-electron chi connectivity index (χ1n) is 4.94. The van der Waals surface area contributed by atoms with Gasteiger partial charge in [-0.25, -0.2) is 0 Å². The summed E-state index contributed by atoms with van der Waals surface area (Å²) in [5.74, 6) is -0.890. The summed E-state index contributed by atoms with van der Waals surface area (Å²) in [6, 6.07) is 7.28. The summed E-state index contributed by atoms with van der Waals surface area (Å²) in [5.41, 5.74) is 3.30. The van der Waals surface area contributed by atoms with Crippen molar-refractivity contribution in [1.29, 1.82) is 0 Å². The Kier molecular flexibility index (Phi) is 3.06. The minimum atomic E-state index is -0.890. The fourth-order valence-corrected chi connectivity index (χ4v) is 1.74. The first-order chi connectivity index (χ1) is 8.22. The molecule has 0 unspecified atom stereocenters. The number of aliphatic carboxylic acids is 1. The fourth-order valence-electron chi connectivity index (χ4n) is 1.74. The second-order valence-electron chi connectivity index (χ2n) is 3.48. The number of hydrogen-bond donors (Lipinski definition) is 3. The molecule has 0 atom stereocenters. The Labute approximate surface area is 96.7 Å². The first-order valence-corrected chi connectivity index (χ1v) is 4.94. The van der Waals surface area contributed by atoms with Crippen LogP contribution < -0.4 is 5.59 Å². The summed E-state index contributed by atoms with van der Waals surface area (Å²) in [5, 5.41) is 21.6. The van der Waals surface area contributed by atoms with Gasteiger partial charge in [-0.15, -0.1) is 0 Å². The molecule has 0 aliphatic carbocycles. The van der Waals surface area contributed by atoms with Crippen molar-refractivity contribution in [1.82, 2.24) is 10.2 Å². The molecule has 6 heteroatoms. The van der Waals surface area contributed by atoms with Gasteiger partial charge in [0.1, 0.15) is 6.54 Å². The van der Waals surface area contributed by atoms with Crippen LogP contribution in [0.3, 0.4) is 0 Å². The van der Waals surface area contributed by atoms with Crippen LogP contribution in [0.5, 0.6) is 0 Å². The zero-order chi connectivity index (χ0) is 12.3. The predicted octanol–water partition coefficient (Wildman–Crippen LogP) is 1.04. The number of aromatic nitrogens is 1. The van der Waals surface area contributed by atoms with E-state index in [2.05, 4.69) is 5.10 Å². The van der Waals surface area contributed by atoms with E-state index in [1.54, 1.807) is 22.4 Å². The van der Waals surface area contributed by atoms with Crippen LogP contribution in [0.4, 0.5) is 0 Å². The van der Waals surface area contributed by atoms with Gasteiger partial charge in [0.15, 0.2) is 0 Å². The molecule has 1 aromatic heterocycles. The number of nitrogens with one attached hydrogen (secondary N) is 1. The monoisotopic (exact) mass is 233 g/mol. The number of rotatable bonds is 4. The van der Waals surface area contributed by atoms with E-state index in [1.807, 2.05) is 18.2 Å². The number of nitrogens with zero attached hydrogens (tertiary/aromatic N) is 2. The number of hydrogen-bond acceptors (Lipinski definition) is 4. The van der Waals surface area contributed by atoms with Gasteiger partial charge in [-0.05, 0) is 12.1 Å². The van der Waals surface area contributed by atoms with Crippen molar-refractivity contribution in [3.63, 3.8) is 0 Å². The summed E-state index contributed by atoms with van der Waals surface area (Å²) in [7, 11) is 0. The number of hydrazone groups is 1. The molecule has 0 saturated heterocycles. The van der Waals surface area contributed by atoms with Gasteiger partial charge in [0, 0.05) is 22.7 Å². The fraction of sp³-hybridized carbons (Fsp3) is 0.0909. The molecule has 2 aromatic rings. The molecule has 0 saturated carbocycles. The lowest BCUT2D eigenvalue weighted by Crippen LogP contribution is -2.07. The van der Waals surface area contributed by atoms with E-state index >= 15 is 0 Å². The third-order valence-corrected chi connectivity index (χ3v) is 2.41. The summed E-state index contributed by atoms with van der Waals surface area (Å²) < 4.78 is 1.64. The molecule has 17 heavy (non-hydrogen) atoms. The number of carbonyl (C=O) groups is 1. The Hall–Kier alpha value is -2.34. The summed E-state index contributed by atoms with van der Waals surface area (Å²) in [6.07, 6.45) is 3.18. The second-order valence-corrected chi connectivity index (χ2v) is 3.48. The van der Waals surface area contributed by atoms with E-state index in [-0.39, 0.29) is 6.54 Å². The highest BCUT2D eigenvalue weighted by molar-refractivity contribution is 5.99. The molecule has 1 heterocycles. The van der Waals surface area contributed by atoms with Crippen LogP contribution in [0.15, 0.2) is 35.6 Å². The van der Waals surface area contributed by atoms with Crippen LogP contribution >= 0.6 is 0 Å². The van der Waals surface area contributed by atoms with Crippen LogP contribution in [0, 0.1) is 0 Å². The molecule has 3 N–H and O–H groups in total. The van der Waals surface area contributed by atoms with E-state index in [0.29, 0.717) is 0 Å². The zero-order valence-corrected chi connectivity index (χ0v) is 8.87. The topological polar surface area (TPSA) is 86.8 Å². The van der Waals surface area contributed by atoms with Gasteiger partial charge in [-0.3, -0.25) is 10.0 Å². The Bertz CT molecular complexity index is 574. The molecule has 88 valence electrons. The van der Waals surface area contributed by atoms with Gasteiger partial charge < -0.3 is 9.67 Å². The summed E-state index contributed by atoms with van der Waals surface area (Å²) in [4.78, 5) is 10.7. The molecule has 2 rings (SSSR count). The van der Waals surface area contributed by atoms with E-state index in [9.17, 15) is 4.79 Å². The normalized spacial score (nSPS) is 11.1. The second kappa shape index (κ2) is 4.67. The van der Waals surface area contributed by atoms with Gasteiger partial charge in [0.2, 0.25) is 0 Å². The van der Waals surface area contributed by atoms with E-state index in [1.165, 1.54) is 6.21 Å². The van der Waals surface area contributed by atoms with Crippen molar-refractivity contribution in [3.8, 4) is 0 Å². The molecule has 0 aliphatic rings. The van der Waals surface area contributed by atoms with E-state index in [4.69, 9.17) is 10.3 Å². The molecule has 6 nitrogen and oxygen atoms in total. The van der Waals surface area contributed by atoms with Gasteiger partial charge in [0.25, 0.3) is 0 Å². The SMILES string of the molecule is O=C(O)Cn1ccc2c(C=NNO)cccc21. The Morgan fingerprint density at radius 1 is 1.47 bits per heavy atom. The highest BCUT2D eigenvalue weighted by Gasteiger charge is 2.06. The average Bonchev–Trinajstić information content (AvgIpc) is 2.70. The van der Waals surface area contributed by atoms with Crippen LogP contribution in [0.1, 0.15) is 5.56 Å². The highest BCUT2D eigenvalue weighted by atomic mass is 16.5. The smallest absolute Gasteiger partial charge is 0.323 e. The molecule has 0 aliphatic heterocycles. The van der Waals surface area contributed by atoms with Gasteiger partial charge >= 0.3 is 5.97 Å². The minimum absolute atomic E-state index is 0.0810. The third-order valence-electron chi connectivity index (χ3n) is 2.41. The number of carboxylic acid groups (broad SMARTS) is 1. The standard InChI is InChI=1S/C11H11N3O3/c15-11(16)7-14-5-4-9-8(6-12-13-17)2-1-3-10(9)14/h1-6,13,17H,7H2,(H,15,16). The summed E-state index contributed by atoms with van der Waals surface area (Å²) >= 11 is 0. The van der Waals surface area contributed by atoms with Gasteiger partial charge in [0.05, 0.1) is 6.21 Å². The molecule has 1 aromatic carbocycles. The molecule has 0 bridgehead atoms. The number of fused-ring (bicyclic) bond motifs is 1. The maximum atomic E-state index is 10.7. The highest BCUT2D eigenvalue weighted by Crippen LogP contribution is 2.19. The van der Waals surface area contributed by atoms with Crippen molar-refractivity contribution in [2.24, 2.45) is 5.10 Å². The number of carboxylic acids is 1. The lowest BCUT2D eigenvalue weighted by Gasteiger charge is -2.02. The largest absolute Gasteiger partial charge is 0.480 e. The quantitative estimate of drug-likeness (QED) is 0.544. The van der Waals surface area contributed by atoms with Crippen molar-refractivity contribution in [2.75, 3.05) is 0 Å². The van der Waals surface area contributed by atoms with Crippen molar-refractivity contribution in [3.05, 3.63) is 36.0 Å². The average molecular weight is 233 g/mol. The third kappa shape index (κ3) is 2.26. The van der Waals surface area contributed by atoms with Crippen LogP contribution in [-0.4, -0.2) is 27.1 Å². The Morgan fingerprint density at radius 2 is 2.29 bits per heavy atom. The van der Waals surface area contributed by atoms with Crippen molar-refractivity contribution >= 4 is 23.1 Å². The predicted molar refractivity (Wildman–Crippen MR) is 62.1 cm³/mol. The molecule has 0 spiro atoms. The maximum absolute atomic E-state index is 10.7. The Balaban J connectivity index is 2.48. The van der Waals surface area contributed by atoms with Gasteiger partial charge in [-0.1, -0.05) is 12.1 Å². The van der Waals surface area contributed by atoms with Crippen LogP contribution in [-0.2, 0) is 11.3 Å². The zero-order valence-electron chi connectivity index (χ0n) is 8.87. The van der Waals surface area contributed by atoms with E-state index in [0.717, 1.165) is 16.5 Å². The van der Waals surface area contributed by atoms with Gasteiger partial charge in [-0.2, -0.15) is 10.7 Å². The van der Waals surface area contributed by atoms with Crippen LogP contribution in [0.25, 0.3) is 10.9 Å². The molecular formula is C11H11N3O3. The van der Waals surface area contributed by atoms with Crippen molar-refractivity contribution < 1.29 is 15.1 Å². The first kappa shape index (κ1) is 11.2. The lowest BCUT2D eigenvalue weighted by atomic mass is 10.1. The lowest BCUT2D eigenvalue weighted by molar-refractivity contribution is -0.137. The van der Waals surface area contributed by atoms with E-state index < -0.39 is 5.97 Å².